The van der Waals surface area contributed by atoms with Crippen LogP contribution in [-0.2, 0) is 0 Å². The zero-order valence-corrected chi connectivity index (χ0v) is 11.4. The lowest BCUT2D eigenvalue weighted by molar-refractivity contribution is 0.101. The van der Waals surface area contributed by atoms with Crippen LogP contribution < -0.4 is 11.1 Å². The zero-order valence-electron chi connectivity index (χ0n) is 10.7. The van der Waals surface area contributed by atoms with Crippen LogP contribution in [0.25, 0.3) is 0 Å². The second-order valence-corrected chi connectivity index (χ2v) is 4.55. The number of hydrogen-bond donors (Lipinski definition) is 2. The van der Waals surface area contributed by atoms with Crippen molar-refractivity contribution < 1.29 is 9.59 Å². The predicted molar refractivity (Wildman–Crippen MR) is 78.1 cm³/mol. The first kappa shape index (κ1) is 14.0. The van der Waals surface area contributed by atoms with Crippen LogP contribution in [0.4, 0.5) is 11.4 Å². The number of carbonyl (C=O) groups excluding carboxylic acids is 2. The standard InChI is InChI=1S/C14H12ClN3O2/c1-8(19)9-2-4-11(5-3-9)18-14(20)12-6-10(16)7-17-13(12)15/h2-7H,16H2,1H3,(H,18,20). The minimum Gasteiger partial charge on any atom is -0.397 e. The molecule has 0 spiro atoms. The fourth-order valence-electron chi connectivity index (χ4n) is 1.61. The van der Waals surface area contributed by atoms with E-state index in [2.05, 4.69) is 10.3 Å². The molecule has 0 atom stereocenters. The van der Waals surface area contributed by atoms with Gasteiger partial charge in [0.2, 0.25) is 0 Å². The maximum Gasteiger partial charge on any atom is 0.258 e. The SMILES string of the molecule is CC(=O)c1ccc(NC(=O)c2cc(N)cnc2Cl)cc1. The summed E-state index contributed by atoms with van der Waals surface area (Å²) in [7, 11) is 0. The number of anilines is 2. The van der Waals surface area contributed by atoms with Crippen LogP contribution in [-0.4, -0.2) is 16.7 Å². The van der Waals surface area contributed by atoms with Crippen molar-refractivity contribution in [3.05, 3.63) is 52.8 Å². The molecular formula is C14H12ClN3O2. The Morgan fingerprint density at radius 3 is 2.50 bits per heavy atom. The molecule has 1 aromatic carbocycles. The predicted octanol–water partition coefficient (Wildman–Crippen LogP) is 2.77. The maximum atomic E-state index is 12.0. The van der Waals surface area contributed by atoms with Crippen LogP contribution >= 0.6 is 11.6 Å². The van der Waals surface area contributed by atoms with E-state index in [0.29, 0.717) is 16.9 Å². The Balaban J connectivity index is 2.19. The Hall–Kier alpha value is -2.40. The van der Waals surface area contributed by atoms with Crippen LogP contribution in [0.2, 0.25) is 5.15 Å². The topological polar surface area (TPSA) is 85.1 Å². The van der Waals surface area contributed by atoms with Crippen molar-refractivity contribution in [3.63, 3.8) is 0 Å². The van der Waals surface area contributed by atoms with Crippen LogP contribution in [0.3, 0.4) is 0 Å². The Bertz CT molecular complexity index is 669. The van der Waals surface area contributed by atoms with Gasteiger partial charge in [0.1, 0.15) is 5.15 Å². The van der Waals surface area contributed by atoms with Gasteiger partial charge in [-0.2, -0.15) is 0 Å². The van der Waals surface area contributed by atoms with Crippen molar-refractivity contribution in [1.82, 2.24) is 4.98 Å². The van der Waals surface area contributed by atoms with Gasteiger partial charge in [-0.15, -0.1) is 0 Å². The molecule has 0 unspecified atom stereocenters. The number of nitrogen functional groups attached to an aromatic ring is 1. The summed E-state index contributed by atoms with van der Waals surface area (Å²) >= 11 is 5.85. The molecule has 2 rings (SSSR count). The number of Topliss-reactive ketones (excluding diaryl/α,β-unsaturated/α-hetero) is 1. The molecule has 20 heavy (non-hydrogen) atoms. The summed E-state index contributed by atoms with van der Waals surface area (Å²) in [5.41, 5.74) is 7.25. The summed E-state index contributed by atoms with van der Waals surface area (Å²) in [6.45, 7) is 1.48. The molecular weight excluding hydrogens is 278 g/mol. The van der Waals surface area contributed by atoms with Gasteiger partial charge in [-0.3, -0.25) is 9.59 Å². The third kappa shape index (κ3) is 3.13. The Labute approximate surface area is 120 Å². The molecule has 6 heteroatoms. The molecule has 0 aliphatic heterocycles. The van der Waals surface area contributed by atoms with Crippen molar-refractivity contribution in [2.75, 3.05) is 11.1 Å². The Kier molecular flexibility index (Phi) is 4.00. The highest BCUT2D eigenvalue weighted by Gasteiger charge is 2.12. The first-order valence-electron chi connectivity index (χ1n) is 5.81. The summed E-state index contributed by atoms with van der Waals surface area (Å²) in [6, 6.07) is 8.01. The quantitative estimate of drug-likeness (QED) is 0.672. The Morgan fingerprint density at radius 1 is 1.25 bits per heavy atom. The minimum absolute atomic E-state index is 0.0362. The summed E-state index contributed by atoms with van der Waals surface area (Å²) in [5.74, 6) is -0.448. The second kappa shape index (κ2) is 5.71. The molecule has 0 saturated carbocycles. The zero-order chi connectivity index (χ0) is 14.7. The lowest BCUT2D eigenvalue weighted by atomic mass is 10.1. The van der Waals surface area contributed by atoms with E-state index >= 15 is 0 Å². The highest BCUT2D eigenvalue weighted by atomic mass is 35.5. The smallest absolute Gasteiger partial charge is 0.258 e. The number of pyridine rings is 1. The van der Waals surface area contributed by atoms with E-state index in [0.717, 1.165) is 0 Å². The van der Waals surface area contributed by atoms with Crippen molar-refractivity contribution in [2.24, 2.45) is 0 Å². The molecule has 0 fully saturated rings. The molecule has 1 heterocycles. The monoisotopic (exact) mass is 289 g/mol. The number of ketones is 1. The molecule has 5 nitrogen and oxygen atoms in total. The summed E-state index contributed by atoms with van der Waals surface area (Å²) < 4.78 is 0. The van der Waals surface area contributed by atoms with E-state index in [1.54, 1.807) is 24.3 Å². The number of nitrogens with zero attached hydrogens (tertiary/aromatic N) is 1. The van der Waals surface area contributed by atoms with Gasteiger partial charge >= 0.3 is 0 Å². The number of nitrogens with two attached hydrogens (primary N) is 1. The molecule has 1 aromatic heterocycles. The summed E-state index contributed by atoms with van der Waals surface area (Å²) in [6.07, 6.45) is 1.38. The molecule has 102 valence electrons. The second-order valence-electron chi connectivity index (χ2n) is 4.19. The number of hydrogen-bond acceptors (Lipinski definition) is 4. The van der Waals surface area contributed by atoms with E-state index in [1.165, 1.54) is 19.2 Å². The van der Waals surface area contributed by atoms with Crippen molar-refractivity contribution in [1.29, 1.82) is 0 Å². The van der Waals surface area contributed by atoms with Gasteiger partial charge in [-0.1, -0.05) is 11.6 Å². The highest BCUT2D eigenvalue weighted by Crippen LogP contribution is 2.18. The van der Waals surface area contributed by atoms with Crippen LogP contribution in [0.15, 0.2) is 36.5 Å². The molecule has 0 saturated heterocycles. The minimum atomic E-state index is -0.412. The number of nitrogens with one attached hydrogen (secondary N) is 1. The highest BCUT2D eigenvalue weighted by molar-refractivity contribution is 6.33. The van der Waals surface area contributed by atoms with E-state index in [1.807, 2.05) is 0 Å². The first-order chi connectivity index (χ1) is 9.47. The molecule has 0 radical (unpaired) electrons. The van der Waals surface area contributed by atoms with Gasteiger partial charge < -0.3 is 11.1 Å². The molecule has 0 aliphatic rings. The number of benzene rings is 1. The average Bonchev–Trinajstić information content (AvgIpc) is 2.42. The van der Waals surface area contributed by atoms with Gasteiger partial charge in [0, 0.05) is 11.3 Å². The van der Waals surface area contributed by atoms with Gasteiger partial charge in [0.15, 0.2) is 5.78 Å². The fraction of sp³-hybridized carbons (Fsp3) is 0.0714. The first-order valence-corrected chi connectivity index (χ1v) is 6.18. The molecule has 3 N–H and O–H groups in total. The van der Waals surface area contributed by atoms with Crippen LogP contribution in [0, 0.1) is 0 Å². The molecule has 0 aliphatic carbocycles. The Morgan fingerprint density at radius 2 is 1.90 bits per heavy atom. The number of rotatable bonds is 3. The van der Waals surface area contributed by atoms with Gasteiger partial charge in [-0.25, -0.2) is 4.98 Å². The summed E-state index contributed by atoms with van der Waals surface area (Å²) in [4.78, 5) is 27.0. The maximum absolute atomic E-state index is 12.0. The molecule has 0 bridgehead atoms. The van der Waals surface area contributed by atoms with Crippen molar-refractivity contribution >= 4 is 34.7 Å². The van der Waals surface area contributed by atoms with Gasteiger partial charge in [-0.05, 0) is 37.3 Å². The van der Waals surface area contributed by atoms with Gasteiger partial charge in [0.25, 0.3) is 5.91 Å². The lowest BCUT2D eigenvalue weighted by Crippen LogP contribution is -2.13. The van der Waals surface area contributed by atoms with Gasteiger partial charge in [0.05, 0.1) is 17.4 Å². The van der Waals surface area contributed by atoms with Crippen molar-refractivity contribution in [2.45, 2.75) is 6.92 Å². The van der Waals surface area contributed by atoms with Crippen LogP contribution in [0.1, 0.15) is 27.6 Å². The number of halogens is 1. The van der Waals surface area contributed by atoms with Crippen LogP contribution in [0.5, 0.6) is 0 Å². The van der Waals surface area contributed by atoms with E-state index < -0.39 is 5.91 Å². The molecule has 1 amide bonds. The third-order valence-corrected chi connectivity index (χ3v) is 2.96. The summed E-state index contributed by atoms with van der Waals surface area (Å²) in [5, 5.41) is 2.74. The number of aromatic nitrogens is 1. The van der Waals surface area contributed by atoms with E-state index in [4.69, 9.17) is 17.3 Å². The fourth-order valence-corrected chi connectivity index (χ4v) is 1.80. The molecule has 2 aromatic rings. The number of amides is 1. The van der Waals surface area contributed by atoms with Crippen molar-refractivity contribution in [3.8, 4) is 0 Å². The lowest BCUT2D eigenvalue weighted by Gasteiger charge is -2.07. The largest absolute Gasteiger partial charge is 0.397 e. The normalized spacial score (nSPS) is 10.1. The third-order valence-electron chi connectivity index (χ3n) is 2.65. The van der Waals surface area contributed by atoms with E-state index in [9.17, 15) is 9.59 Å². The van der Waals surface area contributed by atoms with E-state index in [-0.39, 0.29) is 16.5 Å². The average molecular weight is 290 g/mol. The number of carbonyl (C=O) groups is 2.